The summed E-state index contributed by atoms with van der Waals surface area (Å²) in [6, 6.07) is -0.399. The highest BCUT2D eigenvalue weighted by atomic mass is 16.5. The average Bonchev–Trinajstić information content (AvgIpc) is 2.82. The summed E-state index contributed by atoms with van der Waals surface area (Å²) in [5.41, 5.74) is 5.25. The number of hydrogen-bond acceptors (Lipinski definition) is 5. The first-order chi connectivity index (χ1) is 8.57. The van der Waals surface area contributed by atoms with Crippen molar-refractivity contribution in [2.45, 2.75) is 12.5 Å². The summed E-state index contributed by atoms with van der Waals surface area (Å²) in [6.45, 7) is 1.55. The maximum absolute atomic E-state index is 11.8. The maximum atomic E-state index is 11.8. The highest BCUT2D eigenvalue weighted by Gasteiger charge is 2.38. The van der Waals surface area contributed by atoms with Gasteiger partial charge in [-0.3, -0.25) is 9.59 Å². The summed E-state index contributed by atoms with van der Waals surface area (Å²) in [6.07, 6.45) is 0.222. The number of carbonyl (C=O) groups is 2. The Balaban J connectivity index is 2.40. The second kappa shape index (κ2) is 7.30. The molecule has 0 bridgehead atoms. The summed E-state index contributed by atoms with van der Waals surface area (Å²) >= 11 is 0. The predicted octanol–water partition coefficient (Wildman–Crippen LogP) is -1.09. The van der Waals surface area contributed by atoms with Gasteiger partial charge in [-0.15, -0.1) is 0 Å². The van der Waals surface area contributed by atoms with E-state index >= 15 is 0 Å². The van der Waals surface area contributed by atoms with Crippen LogP contribution in [0.1, 0.15) is 6.42 Å². The van der Waals surface area contributed by atoms with Gasteiger partial charge in [0.2, 0.25) is 5.91 Å². The number of carboxylic acids is 1. The molecule has 0 aliphatic carbocycles. The molecule has 2 unspecified atom stereocenters. The van der Waals surface area contributed by atoms with E-state index in [1.807, 2.05) is 0 Å². The molecular weight excluding hydrogens is 240 g/mol. The summed E-state index contributed by atoms with van der Waals surface area (Å²) in [7, 11) is 1.60. The van der Waals surface area contributed by atoms with Gasteiger partial charge >= 0.3 is 5.97 Å². The zero-order chi connectivity index (χ0) is 13.5. The van der Waals surface area contributed by atoms with Crippen molar-refractivity contribution in [3.8, 4) is 0 Å². The van der Waals surface area contributed by atoms with Crippen LogP contribution in [0.5, 0.6) is 0 Å². The summed E-state index contributed by atoms with van der Waals surface area (Å²) in [4.78, 5) is 24.3. The van der Waals surface area contributed by atoms with Gasteiger partial charge in [0.1, 0.15) is 5.92 Å². The van der Waals surface area contributed by atoms with Crippen molar-refractivity contribution in [3.05, 3.63) is 0 Å². The van der Waals surface area contributed by atoms with E-state index in [1.54, 1.807) is 7.05 Å². The molecule has 1 rings (SSSR count). The van der Waals surface area contributed by atoms with E-state index < -0.39 is 17.9 Å². The van der Waals surface area contributed by atoms with Crippen molar-refractivity contribution in [1.29, 1.82) is 0 Å². The van der Waals surface area contributed by atoms with E-state index in [4.69, 9.17) is 20.3 Å². The zero-order valence-electron chi connectivity index (χ0n) is 10.5. The lowest BCUT2D eigenvalue weighted by Crippen LogP contribution is -2.44. The molecule has 1 heterocycles. The van der Waals surface area contributed by atoms with Gasteiger partial charge in [0, 0.05) is 13.6 Å². The number of nitrogens with zero attached hydrogens (tertiary/aromatic N) is 1. The second-order valence-corrected chi connectivity index (χ2v) is 4.21. The Morgan fingerprint density at radius 2 is 2.17 bits per heavy atom. The van der Waals surface area contributed by atoms with Gasteiger partial charge in [0.15, 0.2) is 0 Å². The Hall–Kier alpha value is -1.18. The van der Waals surface area contributed by atoms with Gasteiger partial charge in [0.25, 0.3) is 0 Å². The zero-order valence-corrected chi connectivity index (χ0v) is 10.5. The molecule has 7 heteroatoms. The first-order valence-corrected chi connectivity index (χ1v) is 5.92. The van der Waals surface area contributed by atoms with Gasteiger partial charge in [-0.1, -0.05) is 0 Å². The number of hydrogen-bond donors (Lipinski definition) is 2. The lowest BCUT2D eigenvalue weighted by molar-refractivity contribution is -0.144. The smallest absolute Gasteiger partial charge is 0.311 e. The molecule has 104 valence electrons. The Morgan fingerprint density at radius 3 is 2.78 bits per heavy atom. The van der Waals surface area contributed by atoms with Crippen LogP contribution in [0.2, 0.25) is 0 Å². The molecule has 0 aromatic carbocycles. The van der Waals surface area contributed by atoms with Gasteiger partial charge < -0.3 is 25.2 Å². The fourth-order valence-electron chi connectivity index (χ4n) is 1.87. The number of carbonyl (C=O) groups excluding carboxylic acids is 1. The number of carboxylic acid groups (broad SMARTS) is 1. The van der Waals surface area contributed by atoms with Crippen LogP contribution in [-0.2, 0) is 19.1 Å². The van der Waals surface area contributed by atoms with Crippen LogP contribution in [-0.4, -0.2) is 67.9 Å². The number of nitrogens with two attached hydrogens (primary N) is 1. The summed E-state index contributed by atoms with van der Waals surface area (Å²) in [5, 5.41) is 9.00. The molecule has 1 fully saturated rings. The minimum absolute atomic E-state index is 0.145. The number of likely N-dealkylation sites (N-methyl/N-ethyl adjacent to an activating group) is 1. The van der Waals surface area contributed by atoms with Crippen molar-refractivity contribution in [3.63, 3.8) is 0 Å². The van der Waals surface area contributed by atoms with Crippen LogP contribution < -0.4 is 5.73 Å². The molecule has 1 amide bonds. The standard InChI is InChI=1S/C11H20N2O5/c1-13(10(14)2-4-17-5-3-12)9-7-18-6-8(9)11(15)16/h8-9H,2-7,12H2,1H3,(H,15,16). The second-order valence-electron chi connectivity index (χ2n) is 4.21. The largest absolute Gasteiger partial charge is 0.481 e. The Morgan fingerprint density at radius 1 is 1.44 bits per heavy atom. The van der Waals surface area contributed by atoms with Crippen LogP contribution in [0.25, 0.3) is 0 Å². The molecule has 18 heavy (non-hydrogen) atoms. The van der Waals surface area contributed by atoms with Crippen LogP contribution in [0.15, 0.2) is 0 Å². The van der Waals surface area contributed by atoms with Gasteiger partial charge in [-0.05, 0) is 0 Å². The summed E-state index contributed by atoms with van der Waals surface area (Å²) in [5.74, 6) is -1.73. The molecule has 1 aliphatic rings. The average molecular weight is 260 g/mol. The van der Waals surface area contributed by atoms with Crippen LogP contribution >= 0.6 is 0 Å². The molecule has 1 aliphatic heterocycles. The van der Waals surface area contributed by atoms with Gasteiger partial charge in [-0.2, -0.15) is 0 Å². The summed E-state index contributed by atoms with van der Waals surface area (Å²) < 4.78 is 10.2. The molecular formula is C11H20N2O5. The molecule has 0 radical (unpaired) electrons. The normalized spacial score (nSPS) is 23.0. The van der Waals surface area contributed by atoms with E-state index in [0.29, 0.717) is 19.8 Å². The Labute approximate surface area is 106 Å². The maximum Gasteiger partial charge on any atom is 0.311 e. The van der Waals surface area contributed by atoms with Crippen LogP contribution in [0.4, 0.5) is 0 Å². The van der Waals surface area contributed by atoms with Crippen LogP contribution in [0, 0.1) is 5.92 Å². The first kappa shape index (κ1) is 14.9. The van der Waals surface area contributed by atoms with Crippen molar-refractivity contribution < 1.29 is 24.2 Å². The molecule has 1 saturated heterocycles. The third-order valence-electron chi connectivity index (χ3n) is 2.98. The molecule has 0 aromatic rings. The number of amides is 1. The minimum Gasteiger partial charge on any atom is -0.481 e. The van der Waals surface area contributed by atoms with Gasteiger partial charge in [-0.25, -0.2) is 0 Å². The first-order valence-electron chi connectivity index (χ1n) is 5.92. The molecule has 0 aromatic heterocycles. The van der Waals surface area contributed by atoms with Crippen molar-refractivity contribution >= 4 is 11.9 Å². The Kier molecular flexibility index (Phi) is 6.03. The van der Waals surface area contributed by atoms with Crippen LogP contribution in [0.3, 0.4) is 0 Å². The number of rotatable bonds is 7. The minimum atomic E-state index is -0.934. The Bertz CT molecular complexity index is 297. The van der Waals surface area contributed by atoms with E-state index in [2.05, 4.69) is 0 Å². The molecule has 2 atom stereocenters. The fraction of sp³-hybridized carbons (Fsp3) is 0.818. The number of ether oxygens (including phenoxy) is 2. The highest BCUT2D eigenvalue weighted by molar-refractivity contribution is 5.78. The lowest BCUT2D eigenvalue weighted by atomic mass is 10.0. The van der Waals surface area contributed by atoms with E-state index in [9.17, 15) is 9.59 Å². The highest BCUT2D eigenvalue weighted by Crippen LogP contribution is 2.19. The van der Waals surface area contributed by atoms with E-state index in [0.717, 1.165) is 0 Å². The van der Waals surface area contributed by atoms with E-state index in [-0.39, 0.29) is 25.5 Å². The third-order valence-corrected chi connectivity index (χ3v) is 2.98. The predicted molar refractivity (Wildman–Crippen MR) is 63.0 cm³/mol. The molecule has 7 nitrogen and oxygen atoms in total. The molecule has 0 spiro atoms. The SMILES string of the molecule is CN(C(=O)CCOCCN)C1COCC1C(=O)O. The quantitative estimate of drug-likeness (QED) is 0.564. The van der Waals surface area contributed by atoms with Crippen molar-refractivity contribution in [1.82, 2.24) is 4.90 Å². The lowest BCUT2D eigenvalue weighted by Gasteiger charge is -2.26. The monoisotopic (exact) mass is 260 g/mol. The van der Waals surface area contributed by atoms with Crippen molar-refractivity contribution in [2.24, 2.45) is 11.7 Å². The topological polar surface area (TPSA) is 102 Å². The van der Waals surface area contributed by atoms with Gasteiger partial charge in [0.05, 0.1) is 38.9 Å². The molecule has 0 saturated carbocycles. The number of aliphatic carboxylic acids is 1. The van der Waals surface area contributed by atoms with Crippen molar-refractivity contribution in [2.75, 3.05) is 40.0 Å². The third kappa shape index (κ3) is 3.94. The molecule has 3 N–H and O–H groups in total. The fourth-order valence-corrected chi connectivity index (χ4v) is 1.87. The van der Waals surface area contributed by atoms with E-state index in [1.165, 1.54) is 4.90 Å².